The van der Waals surface area contributed by atoms with E-state index in [1.807, 2.05) is 48.7 Å². The number of para-hydroxylation sites is 1. The Morgan fingerprint density at radius 1 is 1.14 bits per heavy atom. The summed E-state index contributed by atoms with van der Waals surface area (Å²) in [6.45, 7) is 3.13. The molecule has 0 saturated carbocycles. The molecule has 1 aliphatic rings. The standard InChI is InChI=1S/C29H32N4OS/c1-33-18-6-8-23(33)15-17-31-16-5-7-22-19-32-29(30)27-26(20-35-28(22)27)21-11-13-25(14-12-21)34-24-9-3-2-4-10-24/h2-5,7,9-14,19-20,23,31H,6,8,15-18H2,1H3,(H2,30,32)/b7-5+/t23-/m1/s1. The van der Waals surface area contributed by atoms with Gasteiger partial charge in [-0.2, -0.15) is 0 Å². The summed E-state index contributed by atoms with van der Waals surface area (Å²) in [6, 6.07) is 18.7. The molecule has 6 heteroatoms. The summed E-state index contributed by atoms with van der Waals surface area (Å²) < 4.78 is 7.10. The van der Waals surface area contributed by atoms with Gasteiger partial charge in [0.25, 0.3) is 0 Å². The number of nitrogens with zero attached hydrogens (tertiary/aromatic N) is 2. The van der Waals surface area contributed by atoms with Crippen LogP contribution < -0.4 is 15.8 Å². The highest BCUT2D eigenvalue weighted by molar-refractivity contribution is 7.18. The summed E-state index contributed by atoms with van der Waals surface area (Å²) in [4.78, 5) is 6.98. The van der Waals surface area contributed by atoms with Crippen molar-refractivity contribution < 1.29 is 4.74 Å². The average molecular weight is 485 g/mol. The lowest BCUT2D eigenvalue weighted by Crippen LogP contribution is -2.29. The zero-order chi connectivity index (χ0) is 24.0. The highest BCUT2D eigenvalue weighted by Gasteiger charge is 2.19. The van der Waals surface area contributed by atoms with Crippen molar-refractivity contribution in [3.8, 4) is 22.6 Å². The fourth-order valence-electron chi connectivity index (χ4n) is 4.73. The van der Waals surface area contributed by atoms with E-state index in [0.717, 1.165) is 52.7 Å². The molecule has 4 aromatic rings. The Balaban J connectivity index is 1.26. The van der Waals surface area contributed by atoms with E-state index in [9.17, 15) is 0 Å². The van der Waals surface area contributed by atoms with Crippen LogP contribution in [0.4, 0.5) is 5.82 Å². The highest BCUT2D eigenvalue weighted by atomic mass is 32.1. The summed E-state index contributed by atoms with van der Waals surface area (Å²) in [7, 11) is 2.24. The minimum atomic E-state index is 0.567. The Labute approximate surface area is 211 Å². The zero-order valence-electron chi connectivity index (χ0n) is 20.1. The van der Waals surface area contributed by atoms with E-state index in [1.54, 1.807) is 11.3 Å². The van der Waals surface area contributed by atoms with Crippen LogP contribution >= 0.6 is 11.3 Å². The largest absolute Gasteiger partial charge is 0.457 e. The molecule has 5 nitrogen and oxygen atoms in total. The van der Waals surface area contributed by atoms with Gasteiger partial charge in [0.15, 0.2) is 0 Å². The SMILES string of the molecule is CN1CCC[C@@H]1CCNC/C=C/c1cnc(N)c2c(-c3ccc(Oc4ccccc4)cc3)csc12. The number of fused-ring (bicyclic) bond motifs is 1. The third-order valence-corrected chi connectivity index (χ3v) is 7.71. The van der Waals surface area contributed by atoms with Crippen LogP contribution in [0.1, 0.15) is 24.8 Å². The number of ether oxygens (including phenoxy) is 1. The van der Waals surface area contributed by atoms with Gasteiger partial charge < -0.3 is 20.7 Å². The van der Waals surface area contributed by atoms with Gasteiger partial charge in [-0.25, -0.2) is 4.98 Å². The molecule has 3 heterocycles. The Hall–Kier alpha value is -3.19. The summed E-state index contributed by atoms with van der Waals surface area (Å²) >= 11 is 1.71. The first-order valence-corrected chi connectivity index (χ1v) is 13.1. The molecule has 0 radical (unpaired) electrons. The number of nitrogen functional groups attached to an aromatic ring is 1. The average Bonchev–Trinajstić information content (AvgIpc) is 3.51. The fourth-order valence-corrected chi connectivity index (χ4v) is 5.81. The molecule has 0 amide bonds. The van der Waals surface area contributed by atoms with Crippen LogP contribution in [0, 0.1) is 0 Å². The number of thiophene rings is 1. The van der Waals surface area contributed by atoms with Crippen LogP contribution in [0.5, 0.6) is 11.5 Å². The molecular weight excluding hydrogens is 452 g/mol. The summed E-state index contributed by atoms with van der Waals surface area (Å²) in [6.07, 6.45) is 10.1. The Bertz CT molecular complexity index is 1280. The fraction of sp³-hybridized carbons (Fsp3) is 0.276. The van der Waals surface area contributed by atoms with Crippen LogP contribution in [-0.4, -0.2) is 42.6 Å². The molecule has 3 N–H and O–H groups in total. The van der Waals surface area contributed by atoms with Crippen molar-refractivity contribution in [2.24, 2.45) is 0 Å². The number of hydrogen-bond acceptors (Lipinski definition) is 6. The van der Waals surface area contributed by atoms with Crippen molar-refractivity contribution in [2.75, 3.05) is 32.4 Å². The van der Waals surface area contributed by atoms with Crippen molar-refractivity contribution in [3.63, 3.8) is 0 Å². The van der Waals surface area contributed by atoms with E-state index in [4.69, 9.17) is 10.5 Å². The molecular formula is C29H32N4OS. The van der Waals surface area contributed by atoms with Crippen LogP contribution in [0.25, 0.3) is 27.3 Å². The second kappa shape index (κ2) is 11.0. The van der Waals surface area contributed by atoms with Gasteiger partial charge in [-0.1, -0.05) is 42.5 Å². The quantitative estimate of drug-likeness (QED) is 0.268. The second-order valence-electron chi connectivity index (χ2n) is 9.06. The maximum absolute atomic E-state index is 6.34. The lowest BCUT2D eigenvalue weighted by atomic mass is 10.0. The number of hydrogen-bond donors (Lipinski definition) is 2. The molecule has 2 aromatic heterocycles. The summed E-state index contributed by atoms with van der Waals surface area (Å²) in [5.41, 5.74) is 9.65. The third kappa shape index (κ3) is 5.56. The van der Waals surface area contributed by atoms with Gasteiger partial charge in [0.2, 0.25) is 0 Å². The highest BCUT2D eigenvalue weighted by Crippen LogP contribution is 2.39. The lowest BCUT2D eigenvalue weighted by molar-refractivity contribution is 0.294. The minimum absolute atomic E-state index is 0.567. The van der Waals surface area contributed by atoms with Crippen LogP contribution in [0.3, 0.4) is 0 Å². The maximum Gasteiger partial charge on any atom is 0.132 e. The molecule has 0 spiro atoms. The van der Waals surface area contributed by atoms with Crippen molar-refractivity contribution in [1.29, 1.82) is 0 Å². The smallest absolute Gasteiger partial charge is 0.132 e. The number of likely N-dealkylation sites (tertiary alicyclic amines) is 1. The molecule has 1 saturated heterocycles. The third-order valence-electron chi connectivity index (χ3n) is 6.68. The number of nitrogens with two attached hydrogens (primary N) is 1. The number of pyridine rings is 1. The number of anilines is 1. The minimum Gasteiger partial charge on any atom is -0.457 e. The zero-order valence-corrected chi connectivity index (χ0v) is 20.9. The first-order chi connectivity index (χ1) is 17.2. The molecule has 35 heavy (non-hydrogen) atoms. The normalized spacial score (nSPS) is 16.4. The van der Waals surface area contributed by atoms with E-state index in [-0.39, 0.29) is 0 Å². The van der Waals surface area contributed by atoms with Crippen molar-refractivity contribution in [1.82, 2.24) is 15.2 Å². The topological polar surface area (TPSA) is 63.4 Å². The van der Waals surface area contributed by atoms with Gasteiger partial charge in [-0.3, -0.25) is 0 Å². The molecule has 1 aliphatic heterocycles. The monoisotopic (exact) mass is 484 g/mol. The Morgan fingerprint density at radius 3 is 2.71 bits per heavy atom. The van der Waals surface area contributed by atoms with Crippen LogP contribution in [0.15, 0.2) is 72.3 Å². The Morgan fingerprint density at radius 2 is 1.94 bits per heavy atom. The van der Waals surface area contributed by atoms with Crippen molar-refractivity contribution >= 4 is 33.3 Å². The maximum atomic E-state index is 6.34. The van der Waals surface area contributed by atoms with Gasteiger partial charge in [-0.15, -0.1) is 11.3 Å². The van der Waals surface area contributed by atoms with E-state index in [0.29, 0.717) is 5.82 Å². The lowest BCUT2D eigenvalue weighted by Gasteiger charge is -2.18. The molecule has 2 aromatic carbocycles. The van der Waals surface area contributed by atoms with Gasteiger partial charge in [0.1, 0.15) is 17.3 Å². The van der Waals surface area contributed by atoms with E-state index < -0.39 is 0 Å². The summed E-state index contributed by atoms with van der Waals surface area (Å²) in [5, 5.41) is 6.74. The van der Waals surface area contributed by atoms with Gasteiger partial charge in [-0.05, 0) is 74.6 Å². The van der Waals surface area contributed by atoms with Crippen molar-refractivity contribution in [2.45, 2.75) is 25.3 Å². The first-order valence-electron chi connectivity index (χ1n) is 12.3. The number of benzene rings is 2. The van der Waals surface area contributed by atoms with Crippen molar-refractivity contribution in [3.05, 3.63) is 77.8 Å². The number of nitrogens with one attached hydrogen (secondary N) is 1. The van der Waals surface area contributed by atoms with E-state index in [2.05, 4.69) is 51.9 Å². The van der Waals surface area contributed by atoms with Gasteiger partial charge >= 0.3 is 0 Å². The molecule has 5 rings (SSSR count). The first kappa shape index (κ1) is 23.5. The van der Waals surface area contributed by atoms with Gasteiger partial charge in [0.05, 0.1) is 0 Å². The molecule has 1 atom stereocenters. The number of aromatic nitrogens is 1. The molecule has 0 aliphatic carbocycles. The summed E-state index contributed by atoms with van der Waals surface area (Å²) in [5.74, 6) is 2.20. The molecule has 0 unspecified atom stereocenters. The van der Waals surface area contributed by atoms with E-state index >= 15 is 0 Å². The van der Waals surface area contributed by atoms with Crippen LogP contribution in [-0.2, 0) is 0 Å². The molecule has 1 fully saturated rings. The number of rotatable bonds is 9. The van der Waals surface area contributed by atoms with Gasteiger partial charge in [0, 0.05) is 40.0 Å². The predicted molar refractivity (Wildman–Crippen MR) is 148 cm³/mol. The molecule has 0 bridgehead atoms. The Kier molecular flexibility index (Phi) is 7.42. The predicted octanol–water partition coefficient (Wildman–Crippen LogP) is 6.42. The van der Waals surface area contributed by atoms with Crippen LogP contribution in [0.2, 0.25) is 0 Å². The molecule has 180 valence electrons. The second-order valence-corrected chi connectivity index (χ2v) is 9.94. The van der Waals surface area contributed by atoms with E-state index in [1.165, 1.54) is 30.5 Å².